The van der Waals surface area contributed by atoms with Crippen molar-refractivity contribution in [2.24, 2.45) is 0 Å². The van der Waals surface area contributed by atoms with Gasteiger partial charge in [-0.15, -0.1) is 0 Å². The number of hydrogen-bond acceptors (Lipinski definition) is 5. The van der Waals surface area contributed by atoms with Crippen molar-refractivity contribution >= 4 is 0 Å². The lowest BCUT2D eigenvalue weighted by atomic mass is 9.90. The smallest absolute Gasteiger partial charge is 0.165 e. The molecule has 7 rings (SSSR count). The van der Waals surface area contributed by atoms with E-state index in [1.54, 1.807) is 0 Å². The summed E-state index contributed by atoms with van der Waals surface area (Å²) in [5.74, 6) is 4.95. The monoisotopic (exact) mass is 580 g/mol. The molecule has 2 aromatic heterocycles. The predicted octanol–water partition coefficient (Wildman–Crippen LogP) is 9.94. The molecule has 5 heteroatoms. The highest BCUT2D eigenvalue weighted by Crippen LogP contribution is 2.53. The molecule has 222 valence electrons. The van der Waals surface area contributed by atoms with Gasteiger partial charge in [-0.3, -0.25) is 4.98 Å². The van der Waals surface area contributed by atoms with Crippen LogP contribution < -0.4 is 4.74 Å². The van der Waals surface area contributed by atoms with Gasteiger partial charge in [-0.05, 0) is 84.2 Å². The average Bonchev–Trinajstić information content (AvgIpc) is 3.68. The van der Waals surface area contributed by atoms with E-state index in [4.69, 9.17) is 24.7 Å². The Balaban J connectivity index is 1.32. The molecule has 44 heavy (non-hydrogen) atoms. The maximum atomic E-state index is 6.20. The lowest BCUT2D eigenvalue weighted by molar-refractivity contribution is 0.340. The van der Waals surface area contributed by atoms with Crippen LogP contribution in [0.15, 0.2) is 79.0 Å². The third kappa shape index (κ3) is 5.29. The molecule has 1 fully saturated rings. The third-order valence-corrected chi connectivity index (χ3v) is 9.39. The zero-order valence-electron chi connectivity index (χ0n) is 26.3. The first-order valence-corrected chi connectivity index (χ1v) is 16.1. The van der Waals surface area contributed by atoms with Crippen molar-refractivity contribution in [3.63, 3.8) is 0 Å². The van der Waals surface area contributed by atoms with Crippen molar-refractivity contribution in [2.45, 2.75) is 77.6 Å². The van der Waals surface area contributed by atoms with Gasteiger partial charge in [0.1, 0.15) is 11.4 Å². The predicted molar refractivity (Wildman–Crippen MR) is 178 cm³/mol. The number of hydrogen-bond donors (Lipinski definition) is 0. The fraction of sp³-hybridized carbons (Fsp3) is 0.333. The second kappa shape index (κ2) is 11.6. The summed E-state index contributed by atoms with van der Waals surface area (Å²) in [7, 11) is 0. The normalized spacial score (nSPS) is 17.0. The van der Waals surface area contributed by atoms with Crippen LogP contribution in [0.5, 0.6) is 5.75 Å². The molecule has 0 radical (unpaired) electrons. The summed E-state index contributed by atoms with van der Waals surface area (Å²) in [6.45, 7) is 11.4. The summed E-state index contributed by atoms with van der Waals surface area (Å²) in [5.41, 5.74) is 10.3. The molecule has 2 unspecified atom stereocenters. The van der Waals surface area contributed by atoms with Crippen LogP contribution in [0.2, 0.25) is 0 Å². The summed E-state index contributed by atoms with van der Waals surface area (Å²) < 4.78 is 6.20. The average molecular weight is 581 g/mol. The molecule has 5 nitrogen and oxygen atoms in total. The highest BCUT2D eigenvalue weighted by Gasteiger charge is 2.36. The molecule has 2 bridgehead atoms. The minimum Gasteiger partial charge on any atom is -0.492 e. The standard InChI is InChI=1S/C39H40N4O/c1-6-44-35-21-32(22-40-36(35)31-17-18-33-29-15-16-30(19-29)34(33)20-31)39-42-37(27-11-7-25(8-12-27)23(2)3)41-38(43-39)28-13-9-26(10-14-28)24(4)5/h7-14,17-18,20-24,29-30H,6,15-16,19H2,1-5H3. The Morgan fingerprint density at radius 3 is 1.70 bits per heavy atom. The SMILES string of the molecule is CCOc1cc(-c2nc(-c3ccc(C(C)C)cc3)nc(-c3ccc(C(C)C)cc3)n2)cnc1-c1ccc2c(c1)C1CCC2C1. The molecule has 2 aliphatic carbocycles. The topological polar surface area (TPSA) is 60.8 Å². The van der Waals surface area contributed by atoms with Crippen molar-refractivity contribution < 1.29 is 4.74 Å². The summed E-state index contributed by atoms with van der Waals surface area (Å²) >= 11 is 0. The van der Waals surface area contributed by atoms with E-state index in [1.807, 2.05) is 19.2 Å². The maximum absolute atomic E-state index is 6.20. The number of aromatic nitrogens is 4. The number of fused-ring (bicyclic) bond motifs is 5. The third-order valence-electron chi connectivity index (χ3n) is 9.39. The molecule has 0 spiro atoms. The molecular weight excluding hydrogens is 540 g/mol. The van der Waals surface area contributed by atoms with Gasteiger partial charge in [0.05, 0.1) is 6.61 Å². The van der Waals surface area contributed by atoms with Gasteiger partial charge in [-0.1, -0.05) is 88.4 Å². The molecule has 0 amide bonds. The fourth-order valence-electron chi connectivity index (χ4n) is 6.84. The van der Waals surface area contributed by atoms with Crippen molar-refractivity contribution in [3.05, 3.63) is 101 Å². The Labute approximate surface area is 260 Å². The van der Waals surface area contributed by atoms with Crippen LogP contribution in [0.1, 0.15) is 99.8 Å². The number of benzene rings is 3. The Bertz CT molecular complexity index is 1740. The van der Waals surface area contributed by atoms with Crippen LogP contribution in [0.3, 0.4) is 0 Å². The first kappa shape index (κ1) is 28.4. The van der Waals surface area contributed by atoms with Crippen molar-refractivity contribution in [2.75, 3.05) is 6.61 Å². The summed E-state index contributed by atoms with van der Waals surface area (Å²) in [6.07, 6.45) is 5.81. The van der Waals surface area contributed by atoms with E-state index in [0.29, 0.717) is 41.8 Å². The van der Waals surface area contributed by atoms with E-state index in [9.17, 15) is 0 Å². The van der Waals surface area contributed by atoms with E-state index in [0.717, 1.165) is 39.6 Å². The van der Waals surface area contributed by atoms with Crippen LogP contribution in [-0.4, -0.2) is 26.5 Å². The van der Waals surface area contributed by atoms with Gasteiger partial charge in [0.15, 0.2) is 17.5 Å². The largest absolute Gasteiger partial charge is 0.492 e. The summed E-state index contributed by atoms with van der Waals surface area (Å²) in [5, 5.41) is 0. The maximum Gasteiger partial charge on any atom is 0.165 e. The number of ether oxygens (including phenoxy) is 1. The molecule has 3 aromatic carbocycles. The van der Waals surface area contributed by atoms with E-state index in [2.05, 4.69) is 94.4 Å². The lowest BCUT2D eigenvalue weighted by Crippen LogP contribution is -2.03. The van der Waals surface area contributed by atoms with Crippen molar-refractivity contribution in [1.82, 2.24) is 19.9 Å². The Kier molecular flexibility index (Phi) is 7.49. The molecule has 2 aliphatic rings. The van der Waals surface area contributed by atoms with Crippen LogP contribution >= 0.6 is 0 Å². The number of rotatable bonds is 8. The number of pyridine rings is 1. The van der Waals surface area contributed by atoms with Crippen LogP contribution in [0, 0.1) is 0 Å². The zero-order valence-corrected chi connectivity index (χ0v) is 26.3. The van der Waals surface area contributed by atoms with Gasteiger partial charge >= 0.3 is 0 Å². The molecule has 0 N–H and O–H groups in total. The van der Waals surface area contributed by atoms with Gasteiger partial charge in [-0.25, -0.2) is 15.0 Å². The molecule has 0 saturated heterocycles. The van der Waals surface area contributed by atoms with Gasteiger partial charge in [0.2, 0.25) is 0 Å². The van der Waals surface area contributed by atoms with Crippen LogP contribution in [0.25, 0.3) is 45.4 Å². The molecular formula is C39H40N4O. The lowest BCUT2D eigenvalue weighted by Gasteiger charge is -2.17. The fourth-order valence-corrected chi connectivity index (χ4v) is 6.84. The first-order valence-electron chi connectivity index (χ1n) is 16.1. The van der Waals surface area contributed by atoms with Gasteiger partial charge < -0.3 is 4.74 Å². The van der Waals surface area contributed by atoms with Gasteiger partial charge in [0.25, 0.3) is 0 Å². The van der Waals surface area contributed by atoms with E-state index >= 15 is 0 Å². The molecule has 0 aliphatic heterocycles. The van der Waals surface area contributed by atoms with Crippen molar-refractivity contribution in [1.29, 1.82) is 0 Å². The molecule has 2 atom stereocenters. The Morgan fingerprint density at radius 1 is 0.636 bits per heavy atom. The Morgan fingerprint density at radius 2 is 1.16 bits per heavy atom. The highest BCUT2D eigenvalue weighted by molar-refractivity contribution is 5.73. The van der Waals surface area contributed by atoms with E-state index in [1.165, 1.54) is 41.5 Å². The quantitative estimate of drug-likeness (QED) is 0.183. The number of nitrogens with zero attached hydrogens (tertiary/aromatic N) is 4. The first-order chi connectivity index (χ1) is 21.4. The molecule has 1 saturated carbocycles. The van der Waals surface area contributed by atoms with E-state index < -0.39 is 0 Å². The minimum atomic E-state index is 0.454. The van der Waals surface area contributed by atoms with Gasteiger partial charge in [-0.2, -0.15) is 0 Å². The molecule has 5 aromatic rings. The van der Waals surface area contributed by atoms with Crippen molar-refractivity contribution in [3.8, 4) is 51.2 Å². The second-order valence-electron chi connectivity index (χ2n) is 12.9. The Hall–Kier alpha value is -4.38. The highest BCUT2D eigenvalue weighted by atomic mass is 16.5. The van der Waals surface area contributed by atoms with Crippen LogP contribution in [-0.2, 0) is 0 Å². The second-order valence-corrected chi connectivity index (χ2v) is 12.9. The zero-order chi connectivity index (χ0) is 30.4. The van der Waals surface area contributed by atoms with Gasteiger partial charge in [0, 0.05) is 28.5 Å². The van der Waals surface area contributed by atoms with E-state index in [-0.39, 0.29) is 0 Å². The molecule has 2 heterocycles. The summed E-state index contributed by atoms with van der Waals surface area (Å²) in [4.78, 5) is 19.9. The van der Waals surface area contributed by atoms with Crippen LogP contribution in [0.4, 0.5) is 0 Å². The minimum absolute atomic E-state index is 0.454. The summed E-state index contributed by atoms with van der Waals surface area (Å²) in [6, 6.07) is 26.0.